The first-order valence-electron chi connectivity index (χ1n) is 5.49. The van der Waals surface area contributed by atoms with E-state index in [0.29, 0.717) is 6.61 Å². The van der Waals surface area contributed by atoms with Crippen LogP contribution in [-0.4, -0.2) is 21.3 Å². The molecule has 0 aromatic carbocycles. The fourth-order valence-corrected chi connectivity index (χ4v) is 1.61. The lowest BCUT2D eigenvalue weighted by molar-refractivity contribution is 0.282. The maximum Gasteiger partial charge on any atom is 0.108 e. The zero-order valence-corrected chi connectivity index (χ0v) is 8.95. The van der Waals surface area contributed by atoms with Crippen molar-refractivity contribution in [2.24, 2.45) is 0 Å². The lowest BCUT2D eigenvalue weighted by atomic mass is 10.2. The molecule has 0 spiro atoms. The third-order valence-electron chi connectivity index (χ3n) is 2.43. The minimum Gasteiger partial charge on any atom is -0.396 e. The summed E-state index contributed by atoms with van der Waals surface area (Å²) in [5.74, 6) is 1.17. The van der Waals surface area contributed by atoms with E-state index in [2.05, 4.69) is 16.5 Å². The molecule has 1 rings (SSSR count). The Morgan fingerprint density at radius 3 is 2.79 bits per heavy atom. The SMILES string of the molecule is CCc1nccn1CCCCCCO. The number of imidazole rings is 1. The van der Waals surface area contributed by atoms with Crippen LogP contribution < -0.4 is 0 Å². The van der Waals surface area contributed by atoms with Gasteiger partial charge in [-0.3, -0.25) is 0 Å². The molecule has 0 aliphatic heterocycles. The standard InChI is InChI=1S/C11H20N2O/c1-2-11-12-7-9-13(11)8-5-3-4-6-10-14/h7,9,14H,2-6,8,10H2,1H3. The van der Waals surface area contributed by atoms with Crippen LogP contribution in [0.4, 0.5) is 0 Å². The summed E-state index contributed by atoms with van der Waals surface area (Å²) in [6.07, 6.45) is 9.36. The molecule has 0 radical (unpaired) electrons. The monoisotopic (exact) mass is 196 g/mol. The topological polar surface area (TPSA) is 38.0 Å². The van der Waals surface area contributed by atoms with Gasteiger partial charge in [0, 0.05) is 32.0 Å². The normalized spacial score (nSPS) is 10.7. The van der Waals surface area contributed by atoms with Gasteiger partial charge >= 0.3 is 0 Å². The molecule has 0 aliphatic carbocycles. The quantitative estimate of drug-likeness (QED) is 0.677. The van der Waals surface area contributed by atoms with Crippen LogP contribution >= 0.6 is 0 Å². The number of hydrogen-bond acceptors (Lipinski definition) is 2. The van der Waals surface area contributed by atoms with Crippen LogP contribution in [0.15, 0.2) is 12.4 Å². The predicted molar refractivity (Wildman–Crippen MR) is 57.2 cm³/mol. The van der Waals surface area contributed by atoms with E-state index in [0.717, 1.165) is 25.8 Å². The highest BCUT2D eigenvalue weighted by atomic mass is 16.2. The maximum absolute atomic E-state index is 8.62. The smallest absolute Gasteiger partial charge is 0.108 e. The molecule has 0 bridgehead atoms. The predicted octanol–water partition coefficient (Wildman–Crippen LogP) is 2.00. The first-order valence-corrected chi connectivity index (χ1v) is 5.49. The number of aryl methyl sites for hydroxylation is 2. The minimum absolute atomic E-state index is 0.325. The zero-order valence-electron chi connectivity index (χ0n) is 8.95. The number of aliphatic hydroxyl groups is 1. The Morgan fingerprint density at radius 2 is 2.07 bits per heavy atom. The average Bonchev–Trinajstić information content (AvgIpc) is 2.65. The Hall–Kier alpha value is -0.830. The molecule has 0 atom stereocenters. The first kappa shape index (κ1) is 11.2. The molecule has 0 saturated carbocycles. The third kappa shape index (κ3) is 3.50. The lowest BCUT2D eigenvalue weighted by Gasteiger charge is -2.05. The van der Waals surface area contributed by atoms with Crippen LogP contribution in [-0.2, 0) is 13.0 Å². The molecular formula is C11H20N2O. The summed E-state index contributed by atoms with van der Waals surface area (Å²) in [4.78, 5) is 4.27. The van der Waals surface area contributed by atoms with Gasteiger partial charge in [-0.1, -0.05) is 19.8 Å². The molecule has 1 aromatic heterocycles. The van der Waals surface area contributed by atoms with Gasteiger partial charge in [-0.15, -0.1) is 0 Å². The zero-order chi connectivity index (χ0) is 10.2. The molecule has 80 valence electrons. The van der Waals surface area contributed by atoms with Gasteiger partial charge in [-0.25, -0.2) is 4.98 Å². The Balaban J connectivity index is 2.17. The van der Waals surface area contributed by atoms with E-state index in [4.69, 9.17) is 5.11 Å². The second-order valence-corrected chi connectivity index (χ2v) is 3.53. The largest absolute Gasteiger partial charge is 0.396 e. The Bertz CT molecular complexity index is 245. The number of unbranched alkanes of at least 4 members (excludes halogenated alkanes) is 3. The number of rotatable bonds is 7. The Kier molecular flexibility index (Phi) is 5.30. The molecule has 0 fully saturated rings. The fraction of sp³-hybridized carbons (Fsp3) is 0.727. The number of aliphatic hydroxyl groups excluding tert-OH is 1. The molecule has 14 heavy (non-hydrogen) atoms. The fourth-order valence-electron chi connectivity index (χ4n) is 1.61. The van der Waals surface area contributed by atoms with Crippen LogP contribution in [0.3, 0.4) is 0 Å². The van der Waals surface area contributed by atoms with Crippen molar-refractivity contribution in [2.75, 3.05) is 6.61 Å². The minimum atomic E-state index is 0.325. The summed E-state index contributed by atoms with van der Waals surface area (Å²) in [6.45, 7) is 3.52. The maximum atomic E-state index is 8.62. The summed E-state index contributed by atoms with van der Waals surface area (Å²) < 4.78 is 2.22. The van der Waals surface area contributed by atoms with Gasteiger partial charge in [0.2, 0.25) is 0 Å². The van der Waals surface area contributed by atoms with E-state index in [1.54, 1.807) is 0 Å². The lowest BCUT2D eigenvalue weighted by Crippen LogP contribution is -2.02. The molecule has 0 saturated heterocycles. The van der Waals surface area contributed by atoms with Gasteiger partial charge in [-0.2, -0.15) is 0 Å². The second kappa shape index (κ2) is 6.60. The molecule has 0 unspecified atom stereocenters. The highest BCUT2D eigenvalue weighted by Crippen LogP contribution is 2.04. The van der Waals surface area contributed by atoms with E-state index in [1.165, 1.54) is 18.7 Å². The van der Waals surface area contributed by atoms with Crippen LogP contribution in [0.5, 0.6) is 0 Å². The molecular weight excluding hydrogens is 176 g/mol. The van der Waals surface area contributed by atoms with Crippen molar-refractivity contribution in [3.05, 3.63) is 18.2 Å². The summed E-state index contributed by atoms with van der Waals surface area (Å²) in [6, 6.07) is 0. The van der Waals surface area contributed by atoms with Crippen molar-refractivity contribution >= 4 is 0 Å². The summed E-state index contributed by atoms with van der Waals surface area (Å²) in [5, 5.41) is 8.62. The Labute approximate surface area is 85.8 Å². The second-order valence-electron chi connectivity index (χ2n) is 3.53. The van der Waals surface area contributed by atoms with E-state index >= 15 is 0 Å². The number of aromatic nitrogens is 2. The summed E-state index contributed by atoms with van der Waals surface area (Å²) >= 11 is 0. The molecule has 1 heterocycles. The highest BCUT2D eigenvalue weighted by Gasteiger charge is 1.98. The van der Waals surface area contributed by atoms with Crippen LogP contribution in [0, 0.1) is 0 Å². The van der Waals surface area contributed by atoms with Gasteiger partial charge in [0.05, 0.1) is 0 Å². The molecule has 1 aromatic rings. The van der Waals surface area contributed by atoms with Crippen LogP contribution in [0.2, 0.25) is 0 Å². The summed E-state index contributed by atoms with van der Waals surface area (Å²) in [5.41, 5.74) is 0. The first-order chi connectivity index (χ1) is 6.88. The van der Waals surface area contributed by atoms with Crippen molar-refractivity contribution in [2.45, 2.75) is 45.6 Å². The number of nitrogens with zero attached hydrogens (tertiary/aromatic N) is 2. The highest BCUT2D eigenvalue weighted by molar-refractivity contribution is 4.91. The van der Waals surface area contributed by atoms with Crippen molar-refractivity contribution < 1.29 is 5.11 Å². The van der Waals surface area contributed by atoms with Gasteiger partial charge in [-0.05, 0) is 12.8 Å². The summed E-state index contributed by atoms with van der Waals surface area (Å²) in [7, 11) is 0. The van der Waals surface area contributed by atoms with Crippen molar-refractivity contribution in [3.63, 3.8) is 0 Å². The van der Waals surface area contributed by atoms with E-state index in [-0.39, 0.29) is 0 Å². The molecule has 3 nitrogen and oxygen atoms in total. The molecule has 0 aliphatic rings. The van der Waals surface area contributed by atoms with Gasteiger partial charge < -0.3 is 9.67 Å². The van der Waals surface area contributed by atoms with Gasteiger partial charge in [0.1, 0.15) is 5.82 Å². The van der Waals surface area contributed by atoms with Gasteiger partial charge in [0.15, 0.2) is 0 Å². The van der Waals surface area contributed by atoms with Crippen molar-refractivity contribution in [1.82, 2.24) is 9.55 Å². The van der Waals surface area contributed by atoms with Crippen LogP contribution in [0.25, 0.3) is 0 Å². The Morgan fingerprint density at radius 1 is 1.29 bits per heavy atom. The average molecular weight is 196 g/mol. The van der Waals surface area contributed by atoms with E-state index in [1.807, 2.05) is 12.4 Å². The van der Waals surface area contributed by atoms with Crippen molar-refractivity contribution in [3.8, 4) is 0 Å². The number of hydrogen-bond donors (Lipinski definition) is 1. The van der Waals surface area contributed by atoms with E-state index < -0.39 is 0 Å². The van der Waals surface area contributed by atoms with E-state index in [9.17, 15) is 0 Å². The molecule has 3 heteroatoms. The van der Waals surface area contributed by atoms with Crippen molar-refractivity contribution in [1.29, 1.82) is 0 Å². The molecule has 1 N–H and O–H groups in total. The third-order valence-corrected chi connectivity index (χ3v) is 2.43. The van der Waals surface area contributed by atoms with Crippen LogP contribution in [0.1, 0.15) is 38.4 Å². The molecule has 0 amide bonds. The van der Waals surface area contributed by atoms with Gasteiger partial charge in [0.25, 0.3) is 0 Å².